The van der Waals surface area contributed by atoms with Gasteiger partial charge in [-0.2, -0.15) is 0 Å². The minimum Gasteiger partial charge on any atom is -1.00 e. The van der Waals surface area contributed by atoms with E-state index in [0.29, 0.717) is 0 Å². The molecule has 0 aromatic carbocycles. The fourth-order valence-electron chi connectivity index (χ4n) is 0.204. The smallest absolute Gasteiger partial charge is 1.00 e. The standard InChI is InChI=1S/C4H10O.C2H4O3.Na.H/c1-3-5-4-2;3-1-2(4)5;;/h3-4H2,1-2H3;3H,1H2,(H,4,5);;/q;;+1;-1. The number of carboxylic acids is 1. The van der Waals surface area contributed by atoms with Crippen molar-refractivity contribution < 1.29 is 50.7 Å². The molecule has 0 saturated heterocycles. The Morgan fingerprint density at radius 2 is 1.73 bits per heavy atom. The molecule has 0 amide bonds. The van der Waals surface area contributed by atoms with E-state index in [1.54, 1.807) is 0 Å². The van der Waals surface area contributed by atoms with Crippen molar-refractivity contribution in [2.24, 2.45) is 0 Å². The zero-order chi connectivity index (χ0) is 8.41. The number of hydrogen-bond donors (Lipinski definition) is 2. The molecule has 0 saturated carbocycles. The average Bonchev–Trinajstić information content (AvgIpc) is 1.91. The second-order valence-electron chi connectivity index (χ2n) is 1.33. The first-order chi connectivity index (χ1) is 4.68. The maximum absolute atomic E-state index is 9.12. The molecule has 2 N–H and O–H groups in total. The first-order valence-electron chi connectivity index (χ1n) is 3.09. The number of carboxylic acid groups (broad SMARTS) is 1. The summed E-state index contributed by atoms with van der Waals surface area (Å²) >= 11 is 0. The summed E-state index contributed by atoms with van der Waals surface area (Å²) in [5.74, 6) is -1.19. The van der Waals surface area contributed by atoms with Crippen LogP contribution in [0.1, 0.15) is 15.3 Å². The van der Waals surface area contributed by atoms with Crippen LogP contribution in [0.3, 0.4) is 0 Å². The van der Waals surface area contributed by atoms with Crippen LogP contribution in [0.5, 0.6) is 0 Å². The van der Waals surface area contributed by atoms with Gasteiger partial charge in [0.25, 0.3) is 0 Å². The van der Waals surface area contributed by atoms with Crippen molar-refractivity contribution >= 4 is 5.97 Å². The van der Waals surface area contributed by atoms with Gasteiger partial charge in [-0.05, 0) is 13.8 Å². The Morgan fingerprint density at radius 3 is 1.73 bits per heavy atom. The minimum absolute atomic E-state index is 0. The maximum atomic E-state index is 9.12. The topological polar surface area (TPSA) is 66.8 Å². The van der Waals surface area contributed by atoms with Crippen molar-refractivity contribution in [1.29, 1.82) is 0 Å². The third-order valence-corrected chi connectivity index (χ3v) is 0.544. The van der Waals surface area contributed by atoms with Crippen LogP contribution >= 0.6 is 0 Å². The molecule has 5 heteroatoms. The normalized spacial score (nSPS) is 7.18. The summed E-state index contributed by atoms with van der Waals surface area (Å²) in [6.45, 7) is 4.89. The number of aliphatic carboxylic acids is 1. The van der Waals surface area contributed by atoms with Gasteiger partial charge in [-0.1, -0.05) is 0 Å². The molecule has 0 aliphatic carbocycles. The quantitative estimate of drug-likeness (QED) is 0.454. The van der Waals surface area contributed by atoms with Crippen LogP contribution < -0.4 is 29.6 Å². The van der Waals surface area contributed by atoms with Crippen LogP contribution in [0.2, 0.25) is 0 Å². The van der Waals surface area contributed by atoms with E-state index in [2.05, 4.69) is 0 Å². The molecule has 0 rings (SSSR count). The monoisotopic (exact) mass is 174 g/mol. The van der Waals surface area contributed by atoms with Crippen molar-refractivity contribution in [3.8, 4) is 0 Å². The molecule has 0 heterocycles. The fraction of sp³-hybridized carbons (Fsp3) is 0.833. The number of aliphatic hydroxyl groups excluding tert-OH is 1. The molecular formula is C6H15NaO4. The summed E-state index contributed by atoms with van der Waals surface area (Å²) in [6.07, 6.45) is 0. The number of carbonyl (C=O) groups is 1. The number of ether oxygens (including phenoxy) is 1. The number of aliphatic hydroxyl groups is 1. The van der Waals surface area contributed by atoms with E-state index in [9.17, 15) is 0 Å². The van der Waals surface area contributed by atoms with E-state index in [4.69, 9.17) is 19.7 Å². The second-order valence-corrected chi connectivity index (χ2v) is 1.33. The predicted molar refractivity (Wildman–Crippen MR) is 38.0 cm³/mol. The zero-order valence-electron chi connectivity index (χ0n) is 8.33. The van der Waals surface area contributed by atoms with Gasteiger partial charge >= 0.3 is 35.5 Å². The van der Waals surface area contributed by atoms with Gasteiger partial charge in [0, 0.05) is 13.2 Å². The molecule has 0 spiro atoms. The molecule has 0 aliphatic rings. The summed E-state index contributed by atoms with van der Waals surface area (Å²) in [5.41, 5.74) is 0. The fourth-order valence-corrected chi connectivity index (χ4v) is 0.204. The molecule has 0 aliphatic heterocycles. The summed E-state index contributed by atoms with van der Waals surface area (Å²) in [7, 11) is 0. The molecule has 64 valence electrons. The van der Waals surface area contributed by atoms with E-state index in [0.717, 1.165) is 13.2 Å². The van der Waals surface area contributed by atoms with Gasteiger partial charge in [-0.15, -0.1) is 0 Å². The van der Waals surface area contributed by atoms with Gasteiger partial charge in [0.1, 0.15) is 6.61 Å². The van der Waals surface area contributed by atoms with Gasteiger partial charge in [-0.3, -0.25) is 0 Å². The SMILES string of the molecule is CCOCC.O=C(O)CO.[H-].[Na+]. The molecule has 0 unspecified atom stereocenters. The molecule has 0 fully saturated rings. The molecule has 0 aromatic rings. The molecule has 0 bridgehead atoms. The van der Waals surface area contributed by atoms with Gasteiger partial charge in [0.15, 0.2) is 0 Å². The Kier molecular flexibility index (Phi) is 26.6. The Labute approximate surface area is 90.3 Å². The van der Waals surface area contributed by atoms with Gasteiger partial charge in [-0.25, -0.2) is 4.79 Å². The van der Waals surface area contributed by atoms with E-state index in [1.807, 2.05) is 13.8 Å². The first-order valence-corrected chi connectivity index (χ1v) is 3.09. The van der Waals surface area contributed by atoms with Crippen molar-refractivity contribution in [2.75, 3.05) is 19.8 Å². The second kappa shape index (κ2) is 16.8. The first kappa shape index (κ1) is 17.5. The van der Waals surface area contributed by atoms with Crippen LogP contribution in [0.25, 0.3) is 0 Å². The number of hydrogen-bond acceptors (Lipinski definition) is 3. The zero-order valence-corrected chi connectivity index (χ0v) is 9.33. The van der Waals surface area contributed by atoms with Crippen molar-refractivity contribution in [3.05, 3.63) is 0 Å². The Bertz CT molecular complexity index is 79.9. The largest absolute Gasteiger partial charge is 1.00 e. The van der Waals surface area contributed by atoms with Gasteiger partial charge in [0.2, 0.25) is 0 Å². The average molecular weight is 174 g/mol. The minimum atomic E-state index is -1.19. The van der Waals surface area contributed by atoms with E-state index >= 15 is 0 Å². The summed E-state index contributed by atoms with van der Waals surface area (Å²) < 4.78 is 4.83. The van der Waals surface area contributed by atoms with Gasteiger partial charge in [0.05, 0.1) is 0 Å². The molecule has 0 aromatic heterocycles. The van der Waals surface area contributed by atoms with E-state index in [-0.39, 0.29) is 31.0 Å². The van der Waals surface area contributed by atoms with E-state index in [1.165, 1.54) is 0 Å². The number of rotatable bonds is 3. The molecule has 4 nitrogen and oxygen atoms in total. The maximum Gasteiger partial charge on any atom is 1.00 e. The van der Waals surface area contributed by atoms with Crippen LogP contribution in [-0.2, 0) is 9.53 Å². The van der Waals surface area contributed by atoms with Crippen LogP contribution in [0, 0.1) is 0 Å². The predicted octanol–water partition coefficient (Wildman–Crippen LogP) is -2.78. The summed E-state index contributed by atoms with van der Waals surface area (Å²) in [5, 5.41) is 15.0. The van der Waals surface area contributed by atoms with Crippen LogP contribution in [0.4, 0.5) is 0 Å². The van der Waals surface area contributed by atoms with Crippen molar-refractivity contribution in [2.45, 2.75) is 13.8 Å². The van der Waals surface area contributed by atoms with Crippen molar-refractivity contribution in [3.63, 3.8) is 0 Å². The molecular weight excluding hydrogens is 159 g/mol. The molecule has 0 radical (unpaired) electrons. The van der Waals surface area contributed by atoms with Crippen LogP contribution in [-0.4, -0.2) is 36.0 Å². The third kappa shape index (κ3) is 37.9. The Hall–Kier alpha value is 0.390. The summed E-state index contributed by atoms with van der Waals surface area (Å²) in [4.78, 5) is 9.12. The van der Waals surface area contributed by atoms with Gasteiger partial charge < -0.3 is 16.4 Å². The Balaban J connectivity index is -0.0000000457. The van der Waals surface area contributed by atoms with Crippen molar-refractivity contribution in [1.82, 2.24) is 0 Å². The van der Waals surface area contributed by atoms with Crippen LogP contribution in [0.15, 0.2) is 0 Å². The third-order valence-electron chi connectivity index (χ3n) is 0.544. The molecule has 11 heavy (non-hydrogen) atoms. The van der Waals surface area contributed by atoms with E-state index < -0.39 is 12.6 Å². The Morgan fingerprint density at radius 1 is 1.45 bits per heavy atom. The summed E-state index contributed by atoms with van der Waals surface area (Å²) in [6, 6.07) is 0. The molecule has 0 atom stereocenters.